The Labute approximate surface area is 116 Å². The summed E-state index contributed by atoms with van der Waals surface area (Å²) in [6.07, 6.45) is -4.44. The Morgan fingerprint density at radius 2 is 2.11 bits per heavy atom. The monoisotopic (exact) mass is 311 g/mol. The highest BCUT2D eigenvalue weighted by atomic mass is 35.7. The molecule has 3 nitrogen and oxygen atoms in total. The lowest BCUT2D eigenvalue weighted by Crippen LogP contribution is -2.43. The smallest absolute Gasteiger partial charge is 0.409 e. The van der Waals surface area contributed by atoms with Crippen molar-refractivity contribution in [2.75, 3.05) is 6.54 Å². The van der Waals surface area contributed by atoms with Gasteiger partial charge in [-0.1, -0.05) is 6.07 Å². The van der Waals surface area contributed by atoms with Crippen molar-refractivity contribution in [2.24, 2.45) is 0 Å². The highest BCUT2D eigenvalue weighted by molar-refractivity contribution is 8.17. The minimum absolute atomic E-state index is 0.0653. The highest BCUT2D eigenvalue weighted by Gasteiger charge is 2.43. The van der Waals surface area contributed by atoms with Crippen molar-refractivity contribution in [1.29, 1.82) is 0 Å². The number of hydrogen-bond acceptors (Lipinski definition) is 3. The van der Waals surface area contributed by atoms with Gasteiger partial charge in [-0.2, -0.15) is 13.2 Å². The van der Waals surface area contributed by atoms with Crippen LogP contribution in [0.4, 0.5) is 13.2 Å². The van der Waals surface area contributed by atoms with Gasteiger partial charge in [0, 0.05) is 23.8 Å². The van der Waals surface area contributed by atoms with Gasteiger partial charge in [-0.25, -0.2) is 0 Å². The molecule has 1 aromatic carbocycles. The molecule has 0 bridgehead atoms. The molecule has 1 heterocycles. The minimum atomic E-state index is -4.84. The van der Waals surface area contributed by atoms with Gasteiger partial charge in [0.25, 0.3) is 0 Å². The van der Waals surface area contributed by atoms with Crippen LogP contribution in [0.1, 0.15) is 11.1 Å². The summed E-state index contributed by atoms with van der Waals surface area (Å²) in [6, 6.07) is 5.06. The van der Waals surface area contributed by atoms with E-state index in [1.807, 2.05) is 0 Å². The molecule has 0 atom stereocenters. The number of benzene rings is 1. The molecule has 0 aliphatic carbocycles. The molecule has 19 heavy (non-hydrogen) atoms. The lowest BCUT2D eigenvalue weighted by atomic mass is 9.99. The van der Waals surface area contributed by atoms with E-state index < -0.39 is 12.1 Å². The van der Waals surface area contributed by atoms with Gasteiger partial charge in [0.15, 0.2) is 11.3 Å². The Hall–Kier alpha value is -1.08. The molecular weight excluding hydrogens is 303 g/mol. The van der Waals surface area contributed by atoms with Crippen molar-refractivity contribution in [3.05, 3.63) is 29.3 Å². The molecule has 1 aromatic rings. The first-order valence-electron chi connectivity index (χ1n) is 5.35. The number of alkyl halides is 3. The quantitative estimate of drug-likeness (QED) is 0.785. The zero-order valence-electron chi connectivity index (χ0n) is 9.54. The van der Waals surface area contributed by atoms with Crippen molar-refractivity contribution in [3.63, 3.8) is 0 Å². The van der Waals surface area contributed by atoms with Gasteiger partial charge in [0.05, 0.1) is 0 Å². The molecule has 1 aliphatic heterocycles. The van der Waals surface area contributed by atoms with Gasteiger partial charge in [-0.15, -0.1) is 0 Å². The van der Waals surface area contributed by atoms with Gasteiger partial charge in [0.2, 0.25) is 0 Å². The predicted molar refractivity (Wildman–Crippen MR) is 65.7 cm³/mol. The summed E-state index contributed by atoms with van der Waals surface area (Å²) in [7, 11) is 5.34. The fourth-order valence-corrected chi connectivity index (χ4v) is 2.37. The maximum absolute atomic E-state index is 12.4. The van der Waals surface area contributed by atoms with Gasteiger partial charge in [-0.05, 0) is 29.7 Å². The number of hydrogen-bond donors (Lipinski definition) is 0. The number of carbonyl (C=O) groups is 1. The Bertz CT molecular complexity index is 495. The van der Waals surface area contributed by atoms with Gasteiger partial charge < -0.3 is 9.08 Å². The molecule has 0 saturated carbocycles. The van der Waals surface area contributed by atoms with Gasteiger partial charge in [-0.3, -0.25) is 4.79 Å². The first kappa shape index (κ1) is 14.3. The van der Waals surface area contributed by atoms with Crippen molar-refractivity contribution in [1.82, 2.24) is 4.90 Å². The zero-order chi connectivity index (χ0) is 14.0. The molecule has 2 rings (SSSR count). The van der Waals surface area contributed by atoms with Crippen LogP contribution in [-0.2, 0) is 17.8 Å². The number of halogens is 4. The third-order valence-corrected chi connectivity index (χ3v) is 3.29. The number of nitrogens with zero attached hydrogens (tertiary/aromatic N) is 1. The highest BCUT2D eigenvalue weighted by Crippen LogP contribution is 2.28. The van der Waals surface area contributed by atoms with Crippen LogP contribution in [0.3, 0.4) is 0 Å². The van der Waals surface area contributed by atoms with Crippen molar-refractivity contribution in [3.8, 4) is 5.75 Å². The van der Waals surface area contributed by atoms with Crippen LogP contribution in [-0.4, -0.2) is 23.5 Å². The Morgan fingerprint density at radius 1 is 1.37 bits per heavy atom. The molecule has 0 saturated heterocycles. The molecule has 8 heteroatoms. The normalized spacial score (nSPS) is 15.1. The largest absolute Gasteiger partial charge is 0.471 e. The van der Waals surface area contributed by atoms with Gasteiger partial charge >= 0.3 is 12.1 Å². The topological polar surface area (TPSA) is 29.5 Å². The third-order valence-electron chi connectivity index (χ3n) is 2.85. The van der Waals surface area contributed by atoms with E-state index in [1.165, 1.54) is 0 Å². The molecule has 0 fully saturated rings. The molecule has 0 N–H and O–H groups in total. The number of fused-ring (bicyclic) bond motifs is 1. The fraction of sp³-hybridized carbons (Fsp3) is 0.364. The number of amides is 1. The predicted octanol–water partition coefficient (Wildman–Crippen LogP) is 3.31. The van der Waals surface area contributed by atoms with Crippen LogP contribution in [0, 0.1) is 0 Å². The first-order chi connectivity index (χ1) is 8.91. The minimum Gasteiger partial charge on any atom is -0.409 e. The van der Waals surface area contributed by atoms with Gasteiger partial charge in [0.1, 0.15) is 5.75 Å². The second-order valence-electron chi connectivity index (χ2n) is 4.05. The molecular formula is C11H9ClF3NO2S. The summed E-state index contributed by atoms with van der Waals surface area (Å²) in [4.78, 5) is 12.0. The maximum atomic E-state index is 12.4. The Balaban J connectivity index is 2.18. The lowest BCUT2D eigenvalue weighted by molar-refractivity contribution is -0.186. The molecule has 0 spiro atoms. The van der Waals surface area contributed by atoms with Crippen molar-refractivity contribution >= 4 is 27.8 Å². The number of rotatable bonds is 2. The molecule has 1 amide bonds. The van der Waals surface area contributed by atoms with E-state index in [0.29, 0.717) is 29.0 Å². The van der Waals surface area contributed by atoms with Crippen molar-refractivity contribution in [2.45, 2.75) is 19.1 Å². The molecule has 0 unspecified atom stereocenters. The number of carbonyl (C=O) groups excluding carboxylic acids is 1. The first-order valence-corrected chi connectivity index (χ1v) is 6.92. The molecule has 104 valence electrons. The summed E-state index contributed by atoms with van der Waals surface area (Å²) in [5.74, 6) is -1.36. The average molecular weight is 312 g/mol. The summed E-state index contributed by atoms with van der Waals surface area (Å²) < 4.78 is 42.1. The SMILES string of the molecule is O=C(N1CCc2ccc(OSCl)cc2C1)C(F)(F)F. The molecule has 1 aliphatic rings. The lowest BCUT2D eigenvalue weighted by Gasteiger charge is -2.29. The van der Waals surface area contributed by atoms with Crippen LogP contribution in [0.15, 0.2) is 18.2 Å². The summed E-state index contributed by atoms with van der Waals surface area (Å²) >= 11 is 0.628. The van der Waals surface area contributed by atoms with E-state index in [1.54, 1.807) is 18.2 Å². The Morgan fingerprint density at radius 3 is 2.74 bits per heavy atom. The van der Waals surface area contributed by atoms with E-state index in [4.69, 9.17) is 14.9 Å². The van der Waals surface area contributed by atoms with Crippen molar-refractivity contribution < 1.29 is 22.1 Å². The van der Waals surface area contributed by atoms with E-state index in [2.05, 4.69) is 0 Å². The fourth-order valence-electron chi connectivity index (χ4n) is 1.97. The van der Waals surface area contributed by atoms with E-state index in [0.717, 1.165) is 10.5 Å². The zero-order valence-corrected chi connectivity index (χ0v) is 11.1. The van der Waals surface area contributed by atoms with Crippen LogP contribution in [0.25, 0.3) is 0 Å². The van der Waals surface area contributed by atoms with E-state index >= 15 is 0 Å². The summed E-state index contributed by atoms with van der Waals surface area (Å²) in [5.41, 5.74) is 1.56. The average Bonchev–Trinajstić information content (AvgIpc) is 2.36. The second-order valence-corrected chi connectivity index (χ2v) is 4.72. The molecule has 0 aromatic heterocycles. The second kappa shape index (κ2) is 5.50. The van der Waals surface area contributed by atoms with Crippen LogP contribution in [0.2, 0.25) is 0 Å². The molecule has 0 radical (unpaired) electrons. The van der Waals surface area contributed by atoms with Crippen LogP contribution < -0.4 is 4.18 Å². The maximum Gasteiger partial charge on any atom is 0.471 e. The van der Waals surface area contributed by atoms with E-state index in [9.17, 15) is 18.0 Å². The third kappa shape index (κ3) is 3.27. The summed E-state index contributed by atoms with van der Waals surface area (Å²) in [6.45, 7) is -0.00632. The summed E-state index contributed by atoms with van der Waals surface area (Å²) in [5, 5.41) is 0. The van der Waals surface area contributed by atoms with E-state index in [-0.39, 0.29) is 13.1 Å². The Kier molecular flexibility index (Phi) is 4.15. The van der Waals surface area contributed by atoms with Crippen LogP contribution >= 0.6 is 21.9 Å². The van der Waals surface area contributed by atoms with Crippen LogP contribution in [0.5, 0.6) is 5.75 Å². The standard InChI is InChI=1S/C11H9ClF3NO2S/c12-19-18-9-2-1-7-3-4-16(6-8(7)5-9)10(17)11(13,14)15/h1-2,5H,3-4,6H2.